The molecular formula is C16H32N2O5Si. The monoisotopic (exact) mass is 360 g/mol. The van der Waals surface area contributed by atoms with Crippen LogP contribution in [0.2, 0.25) is 18.1 Å². The molecule has 0 aliphatic heterocycles. The lowest BCUT2D eigenvalue weighted by molar-refractivity contribution is -0.169. The number of carbonyl (C=O) groups is 2. The van der Waals surface area contributed by atoms with Crippen molar-refractivity contribution in [1.29, 1.82) is 0 Å². The fraction of sp³-hybridized carbons (Fsp3) is 0.750. The van der Waals surface area contributed by atoms with E-state index in [4.69, 9.17) is 9.26 Å². The molecule has 1 N–H and O–H groups in total. The number of amides is 2. The molecule has 0 aromatic rings. The van der Waals surface area contributed by atoms with Crippen molar-refractivity contribution < 1.29 is 24.0 Å². The minimum absolute atomic E-state index is 0.00671. The molecule has 0 saturated heterocycles. The zero-order chi connectivity index (χ0) is 19.3. The van der Waals surface area contributed by atoms with E-state index in [1.165, 1.54) is 14.2 Å². The predicted octanol–water partition coefficient (Wildman–Crippen LogP) is 2.95. The number of likely N-dealkylation sites (N-methyl/N-ethyl adjacent to an activating group) is 1. The van der Waals surface area contributed by atoms with E-state index in [2.05, 4.69) is 40.4 Å². The number of nitrogens with zero attached hydrogens (tertiary/aromatic N) is 2. The second-order valence-corrected chi connectivity index (χ2v) is 12.2. The molecule has 2 amide bonds. The molecule has 0 bridgehead atoms. The van der Waals surface area contributed by atoms with Gasteiger partial charge in [-0.05, 0) is 25.1 Å². The molecule has 0 radical (unpaired) electrons. The van der Waals surface area contributed by atoms with E-state index >= 15 is 0 Å². The maximum absolute atomic E-state index is 12.0. The predicted molar refractivity (Wildman–Crippen MR) is 96.3 cm³/mol. The lowest BCUT2D eigenvalue weighted by atomic mass is 10.1. The Kier molecular flexibility index (Phi) is 8.14. The molecule has 1 unspecified atom stereocenters. The Morgan fingerprint density at radius 1 is 1.29 bits per heavy atom. The van der Waals surface area contributed by atoms with Crippen molar-refractivity contribution in [3.05, 3.63) is 12.2 Å². The number of hydroxylamine groups is 2. The first-order chi connectivity index (χ1) is 10.7. The largest absolute Gasteiger partial charge is 0.465 e. The first-order valence-electron chi connectivity index (χ1n) is 7.84. The van der Waals surface area contributed by atoms with Crippen molar-refractivity contribution in [1.82, 2.24) is 9.96 Å². The van der Waals surface area contributed by atoms with Crippen LogP contribution in [0.4, 0.5) is 4.79 Å². The van der Waals surface area contributed by atoms with Gasteiger partial charge >= 0.3 is 6.09 Å². The minimum atomic E-state index is -2.04. The van der Waals surface area contributed by atoms with Crippen molar-refractivity contribution in [2.24, 2.45) is 0 Å². The van der Waals surface area contributed by atoms with Crippen LogP contribution in [0.1, 0.15) is 27.7 Å². The van der Waals surface area contributed by atoms with Gasteiger partial charge in [0.05, 0.1) is 19.8 Å². The van der Waals surface area contributed by atoms with E-state index in [0.717, 1.165) is 9.96 Å². The quantitative estimate of drug-likeness (QED) is 0.409. The zero-order valence-electron chi connectivity index (χ0n) is 16.2. The lowest BCUT2D eigenvalue weighted by Crippen LogP contribution is -2.51. The number of rotatable bonds is 8. The van der Waals surface area contributed by atoms with E-state index in [1.54, 1.807) is 6.92 Å². The summed E-state index contributed by atoms with van der Waals surface area (Å²) >= 11 is 0. The van der Waals surface area contributed by atoms with Crippen molar-refractivity contribution in [3.8, 4) is 0 Å². The van der Waals surface area contributed by atoms with Crippen LogP contribution in [0.15, 0.2) is 12.2 Å². The summed E-state index contributed by atoms with van der Waals surface area (Å²) in [6.45, 7) is 16.0. The minimum Gasteiger partial charge on any atom is -0.465 e. The molecule has 0 aliphatic carbocycles. The van der Waals surface area contributed by atoms with Gasteiger partial charge in [-0.1, -0.05) is 32.9 Å². The van der Waals surface area contributed by atoms with Crippen LogP contribution in [0.5, 0.6) is 0 Å². The Bertz CT molecular complexity index is 474. The highest BCUT2D eigenvalue weighted by Gasteiger charge is 2.38. The topological polar surface area (TPSA) is 79.3 Å². The van der Waals surface area contributed by atoms with E-state index < -0.39 is 26.4 Å². The van der Waals surface area contributed by atoms with E-state index in [1.807, 2.05) is 0 Å². The third-order valence-electron chi connectivity index (χ3n) is 4.53. The summed E-state index contributed by atoms with van der Waals surface area (Å²) in [5.41, 5.74) is 0.629. The molecule has 8 heteroatoms. The van der Waals surface area contributed by atoms with E-state index in [9.17, 15) is 14.7 Å². The fourth-order valence-electron chi connectivity index (χ4n) is 1.66. The van der Waals surface area contributed by atoms with Gasteiger partial charge in [0.1, 0.15) is 6.54 Å². The summed E-state index contributed by atoms with van der Waals surface area (Å²) in [6, 6.07) is -0.592. The average molecular weight is 361 g/mol. The SMILES string of the molecule is C=C(C)C(CO[Si](C)(C)C(C)(C)C)N(CC(=O)N(C)OC)C(=O)O. The van der Waals surface area contributed by atoms with Crippen molar-refractivity contribution in [3.63, 3.8) is 0 Å². The van der Waals surface area contributed by atoms with Gasteiger partial charge < -0.3 is 9.53 Å². The standard InChI is InChI=1S/C16H32N2O5Si/c1-12(2)13(11-23-24(8,9)16(3,4)5)18(15(20)21)10-14(19)17(6)22-7/h13H,1,10-11H2,2-9H3,(H,20,21). The smallest absolute Gasteiger partial charge is 0.408 e. The normalized spacial score (nSPS) is 13.3. The Hall–Kier alpha value is -1.38. The number of carboxylic acid groups (broad SMARTS) is 1. The van der Waals surface area contributed by atoms with Gasteiger partial charge in [0.15, 0.2) is 8.32 Å². The third kappa shape index (κ3) is 6.25. The molecule has 0 rings (SSSR count). The molecule has 0 spiro atoms. The van der Waals surface area contributed by atoms with Crippen LogP contribution >= 0.6 is 0 Å². The summed E-state index contributed by atoms with van der Waals surface area (Å²) in [5.74, 6) is -0.460. The van der Waals surface area contributed by atoms with Crippen molar-refractivity contribution in [2.45, 2.75) is 51.9 Å². The number of carbonyl (C=O) groups excluding carboxylic acids is 1. The maximum Gasteiger partial charge on any atom is 0.408 e. The second kappa shape index (κ2) is 8.64. The number of hydrogen-bond acceptors (Lipinski definition) is 4. The molecule has 0 aliphatic rings. The molecular weight excluding hydrogens is 328 g/mol. The van der Waals surface area contributed by atoms with Gasteiger partial charge in [-0.2, -0.15) is 0 Å². The summed E-state index contributed by atoms with van der Waals surface area (Å²) in [7, 11) is 0.738. The summed E-state index contributed by atoms with van der Waals surface area (Å²) < 4.78 is 6.13. The van der Waals surface area contributed by atoms with Crippen molar-refractivity contribution >= 4 is 20.3 Å². The Morgan fingerprint density at radius 3 is 2.12 bits per heavy atom. The van der Waals surface area contributed by atoms with Gasteiger partial charge in [0.25, 0.3) is 5.91 Å². The Labute approximate surface area is 146 Å². The van der Waals surface area contributed by atoms with Crippen LogP contribution in [-0.2, 0) is 14.1 Å². The average Bonchev–Trinajstić information content (AvgIpc) is 2.43. The summed E-state index contributed by atoms with van der Waals surface area (Å²) in [6.07, 6.45) is -1.19. The molecule has 0 heterocycles. The molecule has 1 atom stereocenters. The summed E-state index contributed by atoms with van der Waals surface area (Å²) in [5, 5.41) is 10.5. The maximum atomic E-state index is 12.0. The highest BCUT2D eigenvalue weighted by Crippen LogP contribution is 2.36. The molecule has 0 aromatic carbocycles. The highest BCUT2D eigenvalue weighted by atomic mass is 28.4. The molecule has 24 heavy (non-hydrogen) atoms. The Morgan fingerprint density at radius 2 is 1.79 bits per heavy atom. The van der Waals surface area contributed by atoms with Gasteiger partial charge in [-0.25, -0.2) is 9.86 Å². The molecule has 0 saturated carbocycles. The number of hydrogen-bond donors (Lipinski definition) is 1. The molecule has 0 aromatic heterocycles. The molecule has 7 nitrogen and oxygen atoms in total. The first-order valence-corrected chi connectivity index (χ1v) is 10.7. The Balaban J connectivity index is 5.26. The van der Waals surface area contributed by atoms with Gasteiger partial charge in [-0.15, -0.1) is 0 Å². The molecule has 0 fully saturated rings. The van der Waals surface area contributed by atoms with Crippen LogP contribution in [0, 0.1) is 0 Å². The molecule has 140 valence electrons. The highest BCUT2D eigenvalue weighted by molar-refractivity contribution is 6.74. The summed E-state index contributed by atoms with van der Waals surface area (Å²) in [4.78, 5) is 29.5. The van der Waals surface area contributed by atoms with Crippen LogP contribution < -0.4 is 0 Å². The van der Waals surface area contributed by atoms with Crippen LogP contribution in [0.3, 0.4) is 0 Å². The third-order valence-corrected chi connectivity index (χ3v) is 9.03. The van der Waals surface area contributed by atoms with Gasteiger partial charge in [0, 0.05) is 7.05 Å². The van der Waals surface area contributed by atoms with Gasteiger partial charge in [0.2, 0.25) is 0 Å². The van der Waals surface area contributed by atoms with Crippen LogP contribution in [0.25, 0.3) is 0 Å². The van der Waals surface area contributed by atoms with E-state index in [-0.39, 0.29) is 18.2 Å². The lowest BCUT2D eigenvalue weighted by Gasteiger charge is -2.39. The van der Waals surface area contributed by atoms with Crippen LogP contribution in [-0.4, -0.2) is 68.7 Å². The second-order valence-electron chi connectivity index (χ2n) is 7.42. The fourth-order valence-corrected chi connectivity index (χ4v) is 2.67. The van der Waals surface area contributed by atoms with Crippen molar-refractivity contribution in [2.75, 3.05) is 27.3 Å². The zero-order valence-corrected chi connectivity index (χ0v) is 17.2. The van der Waals surface area contributed by atoms with Gasteiger partial charge in [-0.3, -0.25) is 14.5 Å². The first kappa shape index (κ1) is 22.6. The van der Waals surface area contributed by atoms with E-state index in [0.29, 0.717) is 5.57 Å².